The number of amides is 1. The first kappa shape index (κ1) is 20.9. The molecule has 1 N–H and O–H groups in total. The van der Waals surface area contributed by atoms with E-state index in [1.807, 2.05) is 13.8 Å². The monoisotopic (exact) mass is 434 g/mol. The van der Waals surface area contributed by atoms with Gasteiger partial charge in [0.2, 0.25) is 21.1 Å². The Morgan fingerprint density at radius 3 is 2.65 bits per heavy atom. The maximum Gasteiger partial charge on any atom is 0.246 e. The van der Waals surface area contributed by atoms with Crippen molar-refractivity contribution < 1.29 is 13.2 Å². The van der Waals surface area contributed by atoms with Crippen molar-refractivity contribution in [1.82, 2.24) is 10.2 Å². The third kappa shape index (κ3) is 5.83. The summed E-state index contributed by atoms with van der Waals surface area (Å²) in [4.78, 5) is 12.3. The summed E-state index contributed by atoms with van der Waals surface area (Å²) < 4.78 is 26.1. The summed E-state index contributed by atoms with van der Waals surface area (Å²) in [5, 5.41) is 11.7. The maximum absolute atomic E-state index is 12.3. The fraction of sp³-hybridized carbons (Fsp3) is 0.400. The molecular formula is C15H19ClN4O3S3. The van der Waals surface area contributed by atoms with Crippen molar-refractivity contribution in [3.63, 3.8) is 0 Å². The molecule has 0 aliphatic rings. The van der Waals surface area contributed by atoms with Gasteiger partial charge in [-0.25, -0.2) is 8.42 Å². The van der Waals surface area contributed by atoms with E-state index in [1.165, 1.54) is 23.1 Å². The highest BCUT2D eigenvalue weighted by atomic mass is 35.5. The van der Waals surface area contributed by atoms with Crippen LogP contribution in [0.5, 0.6) is 0 Å². The lowest BCUT2D eigenvalue weighted by molar-refractivity contribution is -0.114. The first-order valence-corrected chi connectivity index (χ1v) is 11.5. The SMILES string of the molecule is Cc1cc(Cl)ccc1N(CC(=O)Nc1nnc(SC(C)C)s1)S(C)(=O)=O. The first-order valence-electron chi connectivity index (χ1n) is 7.60. The number of halogens is 1. The Labute approximate surface area is 166 Å². The topological polar surface area (TPSA) is 92.3 Å². The van der Waals surface area contributed by atoms with E-state index >= 15 is 0 Å². The fourth-order valence-electron chi connectivity index (χ4n) is 2.08. The van der Waals surface area contributed by atoms with Gasteiger partial charge in [0.05, 0.1) is 11.9 Å². The van der Waals surface area contributed by atoms with E-state index < -0.39 is 15.9 Å². The van der Waals surface area contributed by atoms with Crippen LogP contribution in [0, 0.1) is 6.92 Å². The zero-order valence-corrected chi connectivity index (χ0v) is 17.9. The van der Waals surface area contributed by atoms with E-state index in [1.54, 1.807) is 25.1 Å². The van der Waals surface area contributed by atoms with Crippen LogP contribution in [0.2, 0.25) is 5.02 Å². The van der Waals surface area contributed by atoms with Crippen molar-refractivity contribution in [2.24, 2.45) is 0 Å². The Morgan fingerprint density at radius 1 is 1.38 bits per heavy atom. The van der Waals surface area contributed by atoms with Crippen molar-refractivity contribution in [1.29, 1.82) is 0 Å². The van der Waals surface area contributed by atoms with Crippen molar-refractivity contribution in [3.05, 3.63) is 28.8 Å². The molecule has 11 heteroatoms. The van der Waals surface area contributed by atoms with Crippen LogP contribution in [0.3, 0.4) is 0 Å². The van der Waals surface area contributed by atoms with Crippen LogP contribution in [0.1, 0.15) is 19.4 Å². The minimum atomic E-state index is -3.66. The average molecular weight is 435 g/mol. The number of carbonyl (C=O) groups excluding carboxylic acids is 1. The number of anilines is 2. The summed E-state index contributed by atoms with van der Waals surface area (Å²) in [6.45, 7) is 5.43. The summed E-state index contributed by atoms with van der Waals surface area (Å²) in [7, 11) is -3.66. The van der Waals surface area contributed by atoms with Gasteiger partial charge >= 0.3 is 0 Å². The second kappa shape index (κ2) is 8.55. The molecule has 1 amide bonds. The molecule has 0 aliphatic carbocycles. The van der Waals surface area contributed by atoms with E-state index in [0.717, 1.165) is 14.9 Å². The zero-order chi connectivity index (χ0) is 19.5. The van der Waals surface area contributed by atoms with Gasteiger partial charge in [-0.2, -0.15) is 0 Å². The van der Waals surface area contributed by atoms with Crippen LogP contribution < -0.4 is 9.62 Å². The maximum atomic E-state index is 12.3. The first-order chi connectivity index (χ1) is 12.1. The quantitative estimate of drug-likeness (QED) is 0.530. The van der Waals surface area contributed by atoms with Crippen molar-refractivity contribution in [2.75, 3.05) is 22.4 Å². The van der Waals surface area contributed by atoms with E-state index in [9.17, 15) is 13.2 Å². The lowest BCUT2D eigenvalue weighted by Gasteiger charge is -2.23. The number of aromatic nitrogens is 2. The van der Waals surface area contributed by atoms with E-state index in [2.05, 4.69) is 15.5 Å². The molecule has 0 saturated heterocycles. The van der Waals surface area contributed by atoms with Gasteiger partial charge in [0.1, 0.15) is 6.54 Å². The lowest BCUT2D eigenvalue weighted by atomic mass is 10.2. The van der Waals surface area contributed by atoms with Gasteiger partial charge in [-0.05, 0) is 30.7 Å². The van der Waals surface area contributed by atoms with E-state index in [0.29, 0.717) is 26.7 Å². The van der Waals surface area contributed by atoms with Gasteiger partial charge in [0.25, 0.3) is 0 Å². The van der Waals surface area contributed by atoms with Crippen LogP contribution in [0.4, 0.5) is 10.8 Å². The lowest BCUT2D eigenvalue weighted by Crippen LogP contribution is -2.37. The number of benzene rings is 1. The smallest absolute Gasteiger partial charge is 0.246 e. The van der Waals surface area contributed by atoms with Gasteiger partial charge in [0, 0.05) is 10.3 Å². The molecule has 2 rings (SSSR count). The average Bonchev–Trinajstić information content (AvgIpc) is 2.90. The van der Waals surface area contributed by atoms with Crippen LogP contribution in [-0.4, -0.2) is 42.6 Å². The van der Waals surface area contributed by atoms with Gasteiger partial charge in [-0.15, -0.1) is 10.2 Å². The Bertz CT molecular complexity index is 899. The molecule has 0 fully saturated rings. The molecule has 7 nitrogen and oxygen atoms in total. The number of sulfonamides is 1. The van der Waals surface area contributed by atoms with E-state index in [-0.39, 0.29) is 6.54 Å². The summed E-state index contributed by atoms with van der Waals surface area (Å²) in [6, 6.07) is 4.81. The number of carbonyl (C=O) groups is 1. The van der Waals surface area contributed by atoms with Crippen molar-refractivity contribution in [2.45, 2.75) is 30.4 Å². The van der Waals surface area contributed by atoms with Crippen molar-refractivity contribution in [3.8, 4) is 0 Å². The summed E-state index contributed by atoms with van der Waals surface area (Å²) >= 11 is 8.71. The molecule has 142 valence electrons. The molecule has 0 atom stereocenters. The number of hydrogen-bond acceptors (Lipinski definition) is 7. The zero-order valence-electron chi connectivity index (χ0n) is 14.7. The Balaban J connectivity index is 2.16. The molecule has 0 aliphatic heterocycles. The number of rotatable bonds is 7. The third-order valence-electron chi connectivity index (χ3n) is 3.10. The number of hydrogen-bond donors (Lipinski definition) is 1. The van der Waals surface area contributed by atoms with Gasteiger partial charge in [0.15, 0.2) is 4.34 Å². The Kier molecular flexibility index (Phi) is 6.89. The molecule has 0 unspecified atom stereocenters. The fourth-order valence-corrected chi connectivity index (χ4v) is 5.21. The van der Waals surface area contributed by atoms with Crippen LogP contribution in [0.15, 0.2) is 22.5 Å². The number of nitrogens with one attached hydrogen (secondary N) is 1. The second-order valence-electron chi connectivity index (χ2n) is 5.79. The highest BCUT2D eigenvalue weighted by Crippen LogP contribution is 2.29. The van der Waals surface area contributed by atoms with Crippen molar-refractivity contribution >= 4 is 61.4 Å². The standard InChI is InChI=1S/C15H19ClN4O3S3/c1-9(2)24-15-19-18-14(25-15)17-13(21)8-20(26(4,22)23)12-6-5-11(16)7-10(12)3/h5-7,9H,8H2,1-4H3,(H,17,18,21). The normalized spacial score (nSPS) is 11.6. The van der Waals surface area contributed by atoms with Crippen LogP contribution in [0.25, 0.3) is 0 Å². The van der Waals surface area contributed by atoms with E-state index in [4.69, 9.17) is 11.6 Å². The molecule has 1 heterocycles. The van der Waals surface area contributed by atoms with Gasteiger partial charge in [-0.1, -0.05) is 48.5 Å². The molecule has 1 aromatic heterocycles. The molecule has 26 heavy (non-hydrogen) atoms. The van der Waals surface area contributed by atoms with Crippen LogP contribution in [-0.2, 0) is 14.8 Å². The third-order valence-corrected chi connectivity index (χ3v) is 6.39. The molecule has 0 saturated carbocycles. The molecule has 0 radical (unpaired) electrons. The molecule has 0 spiro atoms. The van der Waals surface area contributed by atoms with Crippen LogP contribution >= 0.6 is 34.7 Å². The summed E-state index contributed by atoms with van der Waals surface area (Å²) in [5.74, 6) is -0.498. The van der Waals surface area contributed by atoms with Gasteiger partial charge in [-0.3, -0.25) is 14.4 Å². The minimum absolute atomic E-state index is 0.333. The largest absolute Gasteiger partial charge is 0.299 e. The number of thioether (sulfide) groups is 1. The molecule has 1 aromatic carbocycles. The van der Waals surface area contributed by atoms with Gasteiger partial charge < -0.3 is 0 Å². The molecule has 2 aromatic rings. The second-order valence-corrected chi connectivity index (χ2v) is 10.9. The molecule has 0 bridgehead atoms. The highest BCUT2D eigenvalue weighted by Gasteiger charge is 2.23. The highest BCUT2D eigenvalue weighted by molar-refractivity contribution is 8.01. The number of aryl methyl sites for hydroxylation is 1. The Hall–Kier alpha value is -1.36. The Morgan fingerprint density at radius 2 is 2.08 bits per heavy atom. The minimum Gasteiger partial charge on any atom is -0.299 e. The predicted octanol–water partition coefficient (Wildman–Crippen LogP) is 3.41. The summed E-state index contributed by atoms with van der Waals surface area (Å²) in [6.07, 6.45) is 1.05. The number of nitrogens with zero attached hydrogens (tertiary/aromatic N) is 3. The molecular weight excluding hydrogens is 416 g/mol. The predicted molar refractivity (Wildman–Crippen MR) is 108 cm³/mol. The summed E-state index contributed by atoms with van der Waals surface area (Å²) in [5.41, 5.74) is 1.06.